The number of thioether (sulfide) groups is 1. The van der Waals surface area contributed by atoms with Gasteiger partial charge in [-0.25, -0.2) is 0 Å². The van der Waals surface area contributed by atoms with Crippen molar-refractivity contribution in [2.24, 2.45) is 0 Å². The minimum absolute atomic E-state index is 0.782. The normalized spacial score (nSPS) is 11.0. The van der Waals surface area contributed by atoms with Crippen LogP contribution in [0.1, 0.15) is 5.76 Å². The van der Waals surface area contributed by atoms with Crippen LogP contribution >= 0.6 is 11.8 Å². The quantitative estimate of drug-likeness (QED) is 0.539. The minimum Gasteiger partial charge on any atom is -0.460 e. The molecule has 0 aliphatic heterocycles. The van der Waals surface area contributed by atoms with Crippen molar-refractivity contribution in [2.75, 3.05) is 12.3 Å². The number of benzene rings is 2. The van der Waals surface area contributed by atoms with E-state index < -0.39 is 0 Å². The highest BCUT2D eigenvalue weighted by atomic mass is 32.2. The van der Waals surface area contributed by atoms with Crippen molar-refractivity contribution in [1.82, 2.24) is 5.32 Å². The topological polar surface area (TPSA) is 25.2 Å². The maximum absolute atomic E-state index is 5.76. The van der Waals surface area contributed by atoms with Crippen LogP contribution in [0, 0.1) is 0 Å². The van der Waals surface area contributed by atoms with Crippen LogP contribution in [0.3, 0.4) is 0 Å². The summed E-state index contributed by atoms with van der Waals surface area (Å²) in [5.74, 6) is 2.06. The first-order valence-corrected chi connectivity index (χ1v) is 7.76. The molecule has 1 aromatic heterocycles. The fourth-order valence-corrected chi connectivity index (χ4v) is 2.93. The van der Waals surface area contributed by atoms with E-state index in [4.69, 9.17) is 4.42 Å². The van der Waals surface area contributed by atoms with Crippen LogP contribution in [-0.2, 0) is 6.54 Å². The van der Waals surface area contributed by atoms with Crippen LogP contribution in [0.2, 0.25) is 0 Å². The van der Waals surface area contributed by atoms with E-state index in [0.29, 0.717) is 0 Å². The second-order valence-corrected chi connectivity index (χ2v) is 5.76. The highest BCUT2D eigenvalue weighted by Gasteiger charge is 2.02. The summed E-state index contributed by atoms with van der Waals surface area (Å²) in [7, 11) is 0. The minimum atomic E-state index is 0.782. The first kappa shape index (κ1) is 13.3. The van der Waals surface area contributed by atoms with Gasteiger partial charge in [-0.1, -0.05) is 36.4 Å². The molecule has 0 spiro atoms. The lowest BCUT2D eigenvalue weighted by Gasteiger charge is -2.02. The summed E-state index contributed by atoms with van der Waals surface area (Å²) in [5.41, 5.74) is 0.961. The van der Waals surface area contributed by atoms with Gasteiger partial charge in [-0.3, -0.25) is 0 Å². The molecule has 0 aliphatic rings. The molecule has 0 atom stereocenters. The van der Waals surface area contributed by atoms with Crippen LogP contribution in [-0.4, -0.2) is 12.3 Å². The molecule has 3 rings (SSSR count). The molecule has 0 unspecified atom stereocenters. The average molecular weight is 283 g/mol. The summed E-state index contributed by atoms with van der Waals surface area (Å²) in [4.78, 5) is 1.32. The van der Waals surface area contributed by atoms with E-state index in [1.165, 1.54) is 10.3 Å². The molecule has 0 saturated carbocycles. The lowest BCUT2D eigenvalue weighted by atomic mass is 10.2. The van der Waals surface area contributed by atoms with Gasteiger partial charge in [0.1, 0.15) is 11.3 Å². The zero-order chi connectivity index (χ0) is 13.6. The van der Waals surface area contributed by atoms with Gasteiger partial charge < -0.3 is 9.73 Å². The molecule has 102 valence electrons. The second kappa shape index (κ2) is 6.64. The molecule has 2 nitrogen and oxygen atoms in total. The molecule has 0 amide bonds. The largest absolute Gasteiger partial charge is 0.460 e. The zero-order valence-electron chi connectivity index (χ0n) is 11.2. The molecule has 0 saturated heterocycles. The number of para-hydroxylation sites is 1. The summed E-state index contributed by atoms with van der Waals surface area (Å²) in [6, 6.07) is 20.7. The summed E-state index contributed by atoms with van der Waals surface area (Å²) in [6.07, 6.45) is 0. The van der Waals surface area contributed by atoms with E-state index in [2.05, 4.69) is 41.7 Å². The molecule has 1 heterocycles. The number of nitrogens with one attached hydrogen (secondary N) is 1. The van der Waals surface area contributed by atoms with Crippen molar-refractivity contribution in [1.29, 1.82) is 0 Å². The van der Waals surface area contributed by atoms with Gasteiger partial charge in [0.2, 0.25) is 0 Å². The summed E-state index contributed by atoms with van der Waals surface area (Å²) < 4.78 is 5.76. The summed E-state index contributed by atoms with van der Waals surface area (Å²) in [6.45, 7) is 1.75. The molecule has 0 aliphatic carbocycles. The number of hydrogen-bond acceptors (Lipinski definition) is 3. The number of rotatable bonds is 6. The third-order valence-electron chi connectivity index (χ3n) is 3.07. The Balaban J connectivity index is 1.43. The van der Waals surface area contributed by atoms with Gasteiger partial charge in [-0.2, -0.15) is 0 Å². The fourth-order valence-electron chi connectivity index (χ4n) is 2.09. The van der Waals surface area contributed by atoms with Crippen molar-refractivity contribution in [3.8, 4) is 0 Å². The molecule has 0 fully saturated rings. The lowest BCUT2D eigenvalue weighted by molar-refractivity contribution is 0.521. The molecule has 0 radical (unpaired) electrons. The predicted molar refractivity (Wildman–Crippen MR) is 85.1 cm³/mol. The molecule has 3 heteroatoms. The van der Waals surface area contributed by atoms with Crippen LogP contribution in [0.25, 0.3) is 11.0 Å². The SMILES string of the molecule is c1ccc(SCCNCc2cc3ccccc3o2)cc1. The van der Waals surface area contributed by atoms with E-state index >= 15 is 0 Å². The Bertz CT molecular complexity index is 630. The third-order valence-corrected chi connectivity index (χ3v) is 4.08. The highest BCUT2D eigenvalue weighted by molar-refractivity contribution is 7.99. The molecular formula is C17H17NOS. The van der Waals surface area contributed by atoms with Crippen molar-refractivity contribution < 1.29 is 4.42 Å². The Hall–Kier alpha value is -1.71. The van der Waals surface area contributed by atoms with Gasteiger partial charge in [0.25, 0.3) is 0 Å². The van der Waals surface area contributed by atoms with E-state index in [0.717, 1.165) is 30.2 Å². The third kappa shape index (κ3) is 3.44. The molecule has 2 aromatic carbocycles. The average Bonchev–Trinajstić information content (AvgIpc) is 2.90. The van der Waals surface area contributed by atoms with E-state index in [9.17, 15) is 0 Å². The van der Waals surface area contributed by atoms with Crippen molar-refractivity contribution in [3.05, 3.63) is 66.4 Å². The van der Waals surface area contributed by atoms with Gasteiger partial charge in [-0.15, -0.1) is 11.8 Å². The monoisotopic (exact) mass is 283 g/mol. The zero-order valence-corrected chi connectivity index (χ0v) is 12.0. The lowest BCUT2D eigenvalue weighted by Crippen LogP contribution is -2.15. The van der Waals surface area contributed by atoms with Gasteiger partial charge >= 0.3 is 0 Å². The molecular weight excluding hydrogens is 266 g/mol. The summed E-state index contributed by atoms with van der Waals surface area (Å²) in [5, 5.41) is 4.59. The maximum Gasteiger partial charge on any atom is 0.134 e. The molecule has 3 aromatic rings. The van der Waals surface area contributed by atoms with Crippen LogP contribution < -0.4 is 5.32 Å². The number of hydrogen-bond donors (Lipinski definition) is 1. The molecule has 1 N–H and O–H groups in total. The Labute approximate surface area is 123 Å². The predicted octanol–water partition coefficient (Wildman–Crippen LogP) is 4.31. The van der Waals surface area contributed by atoms with Crippen molar-refractivity contribution >= 4 is 22.7 Å². The standard InChI is InChI=1S/C17H17NOS/c1-2-7-16(8-3-1)20-11-10-18-13-15-12-14-6-4-5-9-17(14)19-15/h1-9,12,18H,10-11,13H2. The van der Waals surface area contributed by atoms with E-state index in [-0.39, 0.29) is 0 Å². The van der Waals surface area contributed by atoms with E-state index in [1.54, 1.807) is 0 Å². The second-order valence-electron chi connectivity index (χ2n) is 4.59. The van der Waals surface area contributed by atoms with Crippen LogP contribution in [0.5, 0.6) is 0 Å². The summed E-state index contributed by atoms with van der Waals surface area (Å²) >= 11 is 1.87. The molecule has 20 heavy (non-hydrogen) atoms. The van der Waals surface area contributed by atoms with Crippen LogP contribution in [0.4, 0.5) is 0 Å². The van der Waals surface area contributed by atoms with Crippen LogP contribution in [0.15, 0.2) is 70.0 Å². The highest BCUT2D eigenvalue weighted by Crippen LogP contribution is 2.19. The number of furan rings is 1. The molecule has 0 bridgehead atoms. The number of fused-ring (bicyclic) bond motifs is 1. The maximum atomic E-state index is 5.76. The Kier molecular flexibility index (Phi) is 4.41. The van der Waals surface area contributed by atoms with Gasteiger partial charge in [0, 0.05) is 22.6 Å². The fraction of sp³-hybridized carbons (Fsp3) is 0.176. The van der Waals surface area contributed by atoms with Crippen molar-refractivity contribution in [3.63, 3.8) is 0 Å². The Morgan fingerprint density at radius 2 is 1.75 bits per heavy atom. The van der Waals surface area contributed by atoms with Gasteiger partial charge in [0.15, 0.2) is 0 Å². The van der Waals surface area contributed by atoms with E-state index in [1.807, 2.05) is 36.0 Å². The van der Waals surface area contributed by atoms with Crippen molar-refractivity contribution in [2.45, 2.75) is 11.4 Å². The Morgan fingerprint density at radius 3 is 2.60 bits per heavy atom. The first-order valence-electron chi connectivity index (χ1n) is 6.78. The first-order chi connectivity index (χ1) is 9.92. The smallest absolute Gasteiger partial charge is 0.134 e. The Morgan fingerprint density at radius 1 is 0.950 bits per heavy atom. The van der Waals surface area contributed by atoms with Gasteiger partial charge in [0.05, 0.1) is 6.54 Å². The van der Waals surface area contributed by atoms with Gasteiger partial charge in [-0.05, 0) is 24.3 Å².